The zero-order valence-corrected chi connectivity index (χ0v) is 11.2. The molecule has 3 heteroatoms. The maximum Gasteiger partial charge on any atom is 0.0972 e. The highest BCUT2D eigenvalue weighted by Gasteiger charge is 2.24. The van der Waals surface area contributed by atoms with Gasteiger partial charge in [0, 0.05) is 25.3 Å². The molecule has 1 N–H and O–H groups in total. The summed E-state index contributed by atoms with van der Waals surface area (Å²) in [7, 11) is 2.09. The van der Waals surface area contributed by atoms with Gasteiger partial charge in [0.1, 0.15) is 0 Å². The Morgan fingerprint density at radius 2 is 2.17 bits per heavy atom. The lowest BCUT2D eigenvalue weighted by molar-refractivity contribution is 0.561. The maximum absolute atomic E-state index is 9.11. The Balaban J connectivity index is 1.85. The van der Waals surface area contributed by atoms with Gasteiger partial charge in [-0.05, 0) is 37.8 Å². The number of hydrogen-bond acceptors (Lipinski definition) is 3. The summed E-state index contributed by atoms with van der Waals surface area (Å²) in [6, 6.07) is 11.3. The van der Waals surface area contributed by atoms with Crippen molar-refractivity contribution < 1.29 is 0 Å². The number of nitrogens with one attached hydrogen (secondary N) is 1. The maximum atomic E-state index is 9.11. The Morgan fingerprint density at radius 3 is 2.78 bits per heavy atom. The number of rotatable bonds is 6. The normalized spacial score (nSPS) is 16.1. The molecule has 1 aliphatic rings. The zero-order chi connectivity index (χ0) is 13.0. The molecule has 1 fully saturated rings. The van der Waals surface area contributed by atoms with E-state index in [0.29, 0.717) is 6.04 Å². The van der Waals surface area contributed by atoms with Crippen LogP contribution in [-0.4, -0.2) is 25.7 Å². The number of anilines is 1. The molecule has 96 valence electrons. The molecule has 2 rings (SSSR count). The Labute approximate surface area is 109 Å². The van der Waals surface area contributed by atoms with E-state index in [0.717, 1.165) is 13.0 Å². The van der Waals surface area contributed by atoms with Gasteiger partial charge in [-0.2, -0.15) is 5.26 Å². The lowest BCUT2D eigenvalue weighted by atomic mass is 10.1. The number of hydrogen-bond donors (Lipinski definition) is 1. The molecule has 3 nitrogen and oxygen atoms in total. The molecule has 1 atom stereocenters. The van der Waals surface area contributed by atoms with E-state index in [-0.39, 0.29) is 6.04 Å². The van der Waals surface area contributed by atoms with E-state index >= 15 is 0 Å². The highest BCUT2D eigenvalue weighted by atomic mass is 15.1. The van der Waals surface area contributed by atoms with E-state index in [4.69, 9.17) is 5.26 Å². The lowest BCUT2D eigenvalue weighted by Crippen LogP contribution is -2.33. The summed E-state index contributed by atoms with van der Waals surface area (Å²) in [5.41, 5.74) is 2.53. The van der Waals surface area contributed by atoms with Crippen LogP contribution in [0.4, 0.5) is 5.69 Å². The second-order valence-corrected chi connectivity index (χ2v) is 5.12. The van der Waals surface area contributed by atoms with Crippen molar-refractivity contribution in [2.75, 3.05) is 18.5 Å². The minimum absolute atomic E-state index is 0.0102. The summed E-state index contributed by atoms with van der Waals surface area (Å²) >= 11 is 0. The van der Waals surface area contributed by atoms with Crippen LogP contribution in [0.1, 0.15) is 24.8 Å². The predicted molar refractivity (Wildman–Crippen MR) is 74.6 cm³/mol. The fraction of sp³-hybridized carbons (Fsp3) is 0.533. The minimum atomic E-state index is -0.0102. The van der Waals surface area contributed by atoms with Crippen LogP contribution in [0.25, 0.3) is 0 Å². The molecule has 1 aromatic rings. The molecule has 0 spiro atoms. The second-order valence-electron chi connectivity index (χ2n) is 5.12. The highest BCUT2D eigenvalue weighted by molar-refractivity contribution is 5.52. The van der Waals surface area contributed by atoms with Gasteiger partial charge in [0.2, 0.25) is 0 Å². The van der Waals surface area contributed by atoms with Gasteiger partial charge < -0.3 is 4.90 Å². The van der Waals surface area contributed by atoms with E-state index < -0.39 is 0 Å². The Hall–Kier alpha value is -1.53. The minimum Gasteiger partial charge on any atom is -0.374 e. The van der Waals surface area contributed by atoms with Gasteiger partial charge in [0.25, 0.3) is 0 Å². The molecular formula is C15H21N3. The summed E-state index contributed by atoms with van der Waals surface area (Å²) < 4.78 is 0. The molecule has 0 heterocycles. The largest absolute Gasteiger partial charge is 0.374 e. The van der Waals surface area contributed by atoms with Crippen molar-refractivity contribution in [1.82, 2.24) is 5.32 Å². The number of nitriles is 1. The molecule has 18 heavy (non-hydrogen) atoms. The summed E-state index contributed by atoms with van der Waals surface area (Å²) in [5, 5.41) is 12.5. The Bertz CT molecular complexity index is 432. The zero-order valence-electron chi connectivity index (χ0n) is 11.2. The van der Waals surface area contributed by atoms with Crippen LogP contribution >= 0.6 is 0 Å². The fourth-order valence-electron chi connectivity index (χ4n) is 2.15. The number of benzene rings is 1. The Morgan fingerprint density at radius 1 is 1.44 bits per heavy atom. The van der Waals surface area contributed by atoms with E-state index in [9.17, 15) is 0 Å². The topological polar surface area (TPSA) is 39.1 Å². The van der Waals surface area contributed by atoms with Crippen molar-refractivity contribution in [3.63, 3.8) is 0 Å². The SMILES string of the molecule is Cc1ccccc1N(C)CCC(C#N)NC1CC1. The Kier molecular flexibility index (Phi) is 4.22. The molecule has 1 aliphatic carbocycles. The summed E-state index contributed by atoms with van der Waals surface area (Å²) in [4.78, 5) is 2.23. The summed E-state index contributed by atoms with van der Waals surface area (Å²) in [6.07, 6.45) is 3.33. The third-order valence-electron chi connectivity index (χ3n) is 3.45. The highest BCUT2D eigenvalue weighted by Crippen LogP contribution is 2.21. The molecular weight excluding hydrogens is 222 g/mol. The molecule has 0 saturated heterocycles. The third-order valence-corrected chi connectivity index (χ3v) is 3.45. The molecule has 0 radical (unpaired) electrons. The molecule has 1 unspecified atom stereocenters. The third kappa shape index (κ3) is 3.48. The molecule has 0 aromatic heterocycles. The average molecular weight is 243 g/mol. The summed E-state index contributed by atoms with van der Waals surface area (Å²) in [6.45, 7) is 3.03. The van der Waals surface area contributed by atoms with Gasteiger partial charge in [0.05, 0.1) is 12.1 Å². The van der Waals surface area contributed by atoms with Gasteiger partial charge >= 0.3 is 0 Å². The van der Waals surface area contributed by atoms with Crippen LogP contribution < -0.4 is 10.2 Å². The monoisotopic (exact) mass is 243 g/mol. The van der Waals surface area contributed by atoms with Crippen molar-refractivity contribution in [2.45, 2.75) is 38.3 Å². The number of nitrogens with zero attached hydrogens (tertiary/aromatic N) is 2. The van der Waals surface area contributed by atoms with Crippen molar-refractivity contribution in [2.24, 2.45) is 0 Å². The van der Waals surface area contributed by atoms with Gasteiger partial charge in [0.15, 0.2) is 0 Å². The van der Waals surface area contributed by atoms with Crippen LogP contribution in [-0.2, 0) is 0 Å². The number of aryl methyl sites for hydroxylation is 1. The van der Waals surface area contributed by atoms with Crippen molar-refractivity contribution in [3.05, 3.63) is 29.8 Å². The van der Waals surface area contributed by atoms with Crippen LogP contribution in [0.5, 0.6) is 0 Å². The smallest absolute Gasteiger partial charge is 0.0972 e. The predicted octanol–water partition coefficient (Wildman–Crippen LogP) is 2.47. The number of para-hydroxylation sites is 1. The molecule has 0 bridgehead atoms. The van der Waals surface area contributed by atoms with Crippen molar-refractivity contribution >= 4 is 5.69 Å². The van der Waals surface area contributed by atoms with Crippen LogP contribution in [0, 0.1) is 18.3 Å². The quantitative estimate of drug-likeness (QED) is 0.834. The van der Waals surface area contributed by atoms with Crippen molar-refractivity contribution in [1.29, 1.82) is 5.26 Å². The first-order valence-corrected chi connectivity index (χ1v) is 6.63. The summed E-state index contributed by atoms with van der Waals surface area (Å²) in [5.74, 6) is 0. The molecule has 0 aliphatic heterocycles. The average Bonchev–Trinajstić information content (AvgIpc) is 3.18. The van der Waals surface area contributed by atoms with Crippen molar-refractivity contribution in [3.8, 4) is 6.07 Å². The van der Waals surface area contributed by atoms with Gasteiger partial charge in [-0.1, -0.05) is 18.2 Å². The first kappa shape index (κ1) is 12.9. The van der Waals surface area contributed by atoms with Gasteiger partial charge in [-0.25, -0.2) is 0 Å². The second kappa shape index (κ2) is 5.88. The molecule has 0 amide bonds. The first-order chi connectivity index (χ1) is 8.70. The van der Waals surface area contributed by atoms with Crippen LogP contribution in [0.15, 0.2) is 24.3 Å². The van der Waals surface area contributed by atoms with Crippen LogP contribution in [0.2, 0.25) is 0 Å². The van der Waals surface area contributed by atoms with Gasteiger partial charge in [-0.3, -0.25) is 5.32 Å². The fourth-order valence-corrected chi connectivity index (χ4v) is 2.15. The molecule has 1 saturated carbocycles. The van der Waals surface area contributed by atoms with E-state index in [1.54, 1.807) is 0 Å². The van der Waals surface area contributed by atoms with Gasteiger partial charge in [-0.15, -0.1) is 0 Å². The van der Waals surface area contributed by atoms with E-state index in [2.05, 4.69) is 54.5 Å². The first-order valence-electron chi connectivity index (χ1n) is 6.63. The standard InChI is InChI=1S/C15H21N3/c1-12-5-3-4-6-15(12)18(2)10-9-14(11-16)17-13-7-8-13/h3-6,13-14,17H,7-10H2,1-2H3. The van der Waals surface area contributed by atoms with E-state index in [1.165, 1.54) is 24.1 Å². The van der Waals surface area contributed by atoms with Crippen LogP contribution in [0.3, 0.4) is 0 Å². The molecule has 1 aromatic carbocycles. The van der Waals surface area contributed by atoms with E-state index in [1.807, 2.05) is 0 Å². The lowest BCUT2D eigenvalue weighted by Gasteiger charge is -2.22.